The van der Waals surface area contributed by atoms with Crippen LogP contribution >= 0.6 is 11.3 Å². The summed E-state index contributed by atoms with van der Waals surface area (Å²) in [6.07, 6.45) is 0.704. The number of ether oxygens (including phenoxy) is 1. The quantitative estimate of drug-likeness (QED) is 0.655. The number of carbonyl (C=O) groups excluding carboxylic acids is 1. The summed E-state index contributed by atoms with van der Waals surface area (Å²) in [5.74, 6) is -0.331. The van der Waals surface area contributed by atoms with Crippen molar-refractivity contribution in [3.63, 3.8) is 0 Å². The Balaban J connectivity index is 1.79. The van der Waals surface area contributed by atoms with Gasteiger partial charge in [-0.05, 0) is 29.5 Å². The Kier molecular flexibility index (Phi) is 4.79. The smallest absolute Gasteiger partial charge is 0.387 e. The number of urea groups is 1. The molecule has 1 aromatic heterocycles. The first-order chi connectivity index (χ1) is 11.9. The number of hydrogen-bond donors (Lipinski definition) is 1. The molecule has 0 saturated heterocycles. The van der Waals surface area contributed by atoms with Crippen molar-refractivity contribution in [2.45, 2.75) is 19.6 Å². The molecule has 1 aliphatic rings. The van der Waals surface area contributed by atoms with Crippen LogP contribution in [0.2, 0.25) is 0 Å². The Labute approximate surface area is 145 Å². The van der Waals surface area contributed by atoms with E-state index in [1.807, 2.05) is 11.4 Å². The summed E-state index contributed by atoms with van der Waals surface area (Å²) >= 11 is 1.62. The molecule has 10 heteroatoms. The van der Waals surface area contributed by atoms with Crippen LogP contribution in [0.15, 0.2) is 29.6 Å². The van der Waals surface area contributed by atoms with E-state index in [0.29, 0.717) is 19.5 Å². The summed E-state index contributed by atoms with van der Waals surface area (Å²) in [4.78, 5) is 25.3. The third-order valence-electron chi connectivity index (χ3n) is 3.73. The topological polar surface area (TPSA) is 84.7 Å². The lowest BCUT2D eigenvalue weighted by Crippen LogP contribution is -2.38. The lowest BCUT2D eigenvalue weighted by atomic mass is 10.1. The Morgan fingerprint density at radius 1 is 1.40 bits per heavy atom. The summed E-state index contributed by atoms with van der Waals surface area (Å²) in [6, 6.07) is 4.46. The standard InChI is InChI=1S/C15H13F2N3O4S/c16-14(17)24-12-2-1-10(20(22)23)7-11(12)18-15(21)19-5-3-13-9(8-19)4-6-25-13/h1-2,4,6-7,14H,3,5,8H2,(H,18,21). The van der Waals surface area contributed by atoms with Crippen LogP contribution in [-0.2, 0) is 13.0 Å². The van der Waals surface area contributed by atoms with Crippen LogP contribution in [-0.4, -0.2) is 29.0 Å². The fourth-order valence-electron chi connectivity index (χ4n) is 2.54. The molecule has 132 valence electrons. The van der Waals surface area contributed by atoms with E-state index in [4.69, 9.17) is 0 Å². The van der Waals surface area contributed by atoms with Crippen LogP contribution in [0, 0.1) is 10.1 Å². The molecule has 0 unspecified atom stereocenters. The summed E-state index contributed by atoms with van der Waals surface area (Å²) < 4.78 is 29.3. The van der Waals surface area contributed by atoms with Gasteiger partial charge in [0.2, 0.25) is 0 Å². The number of nitro benzene ring substituents is 1. The van der Waals surface area contributed by atoms with Gasteiger partial charge in [0, 0.05) is 30.1 Å². The van der Waals surface area contributed by atoms with Crippen molar-refractivity contribution in [3.05, 3.63) is 50.2 Å². The zero-order chi connectivity index (χ0) is 18.0. The molecule has 7 nitrogen and oxygen atoms in total. The van der Waals surface area contributed by atoms with E-state index in [1.165, 1.54) is 9.78 Å². The molecule has 2 heterocycles. The maximum Gasteiger partial charge on any atom is 0.387 e. The first kappa shape index (κ1) is 17.1. The average Bonchev–Trinajstić information content (AvgIpc) is 3.03. The molecule has 0 atom stereocenters. The van der Waals surface area contributed by atoms with E-state index in [0.717, 1.165) is 23.8 Å². The number of nitrogens with zero attached hydrogens (tertiary/aromatic N) is 2. The molecule has 0 radical (unpaired) electrons. The number of non-ortho nitro benzene ring substituents is 1. The molecule has 0 bridgehead atoms. The second-order valence-corrected chi connectivity index (χ2v) is 6.29. The molecule has 0 aliphatic carbocycles. The fraction of sp³-hybridized carbons (Fsp3) is 0.267. The molecule has 2 aromatic rings. The first-order valence-electron chi connectivity index (χ1n) is 7.28. The molecular formula is C15H13F2N3O4S. The van der Waals surface area contributed by atoms with Gasteiger partial charge in [-0.2, -0.15) is 8.78 Å². The van der Waals surface area contributed by atoms with Gasteiger partial charge >= 0.3 is 12.6 Å². The van der Waals surface area contributed by atoms with E-state index < -0.39 is 17.6 Å². The highest BCUT2D eigenvalue weighted by Crippen LogP contribution is 2.31. The largest absolute Gasteiger partial charge is 0.433 e. The van der Waals surface area contributed by atoms with Crippen molar-refractivity contribution in [2.75, 3.05) is 11.9 Å². The van der Waals surface area contributed by atoms with Crippen LogP contribution < -0.4 is 10.1 Å². The van der Waals surface area contributed by atoms with E-state index in [1.54, 1.807) is 11.3 Å². The second kappa shape index (κ2) is 7.01. The summed E-state index contributed by atoms with van der Waals surface area (Å²) in [7, 11) is 0. The number of fused-ring (bicyclic) bond motifs is 1. The maximum absolute atomic E-state index is 12.5. The van der Waals surface area contributed by atoms with Gasteiger partial charge in [-0.15, -0.1) is 11.3 Å². The summed E-state index contributed by atoms with van der Waals surface area (Å²) in [5, 5.41) is 15.3. The Hall–Kier alpha value is -2.75. The monoisotopic (exact) mass is 369 g/mol. The SMILES string of the molecule is O=C(Nc1cc([N+](=O)[O-])ccc1OC(F)F)N1CCc2sccc2C1. The average molecular weight is 369 g/mol. The van der Waals surface area contributed by atoms with E-state index in [-0.39, 0.29) is 17.1 Å². The zero-order valence-corrected chi connectivity index (χ0v) is 13.6. The number of benzene rings is 1. The van der Waals surface area contributed by atoms with Gasteiger partial charge in [0.05, 0.1) is 10.6 Å². The molecule has 1 aliphatic heterocycles. The van der Waals surface area contributed by atoms with Crippen LogP contribution in [0.1, 0.15) is 10.4 Å². The van der Waals surface area contributed by atoms with Crippen LogP contribution in [0.3, 0.4) is 0 Å². The van der Waals surface area contributed by atoms with Crippen LogP contribution in [0.4, 0.5) is 25.0 Å². The van der Waals surface area contributed by atoms with Gasteiger partial charge in [0.1, 0.15) is 5.75 Å². The zero-order valence-electron chi connectivity index (χ0n) is 12.8. The lowest BCUT2D eigenvalue weighted by Gasteiger charge is -2.27. The molecule has 2 amide bonds. The lowest BCUT2D eigenvalue weighted by molar-refractivity contribution is -0.384. The number of hydrogen-bond acceptors (Lipinski definition) is 5. The van der Waals surface area contributed by atoms with Gasteiger partial charge in [-0.1, -0.05) is 0 Å². The minimum absolute atomic E-state index is 0.171. The molecule has 0 fully saturated rings. The molecule has 25 heavy (non-hydrogen) atoms. The normalized spacial score (nSPS) is 13.5. The number of thiophene rings is 1. The Morgan fingerprint density at radius 2 is 2.20 bits per heavy atom. The number of rotatable bonds is 4. The summed E-state index contributed by atoms with van der Waals surface area (Å²) in [5.41, 5.74) is 0.529. The fourth-order valence-corrected chi connectivity index (χ4v) is 3.43. The minimum Gasteiger partial charge on any atom is -0.433 e. The number of nitro groups is 1. The third kappa shape index (κ3) is 3.85. The van der Waals surface area contributed by atoms with Gasteiger partial charge < -0.3 is 15.0 Å². The number of alkyl halides is 2. The van der Waals surface area contributed by atoms with Crippen molar-refractivity contribution < 1.29 is 23.2 Å². The molecular weight excluding hydrogens is 356 g/mol. The van der Waals surface area contributed by atoms with Crippen molar-refractivity contribution in [1.82, 2.24) is 4.90 Å². The van der Waals surface area contributed by atoms with Crippen molar-refractivity contribution in [3.8, 4) is 5.75 Å². The number of carbonyl (C=O) groups is 1. The van der Waals surface area contributed by atoms with E-state index in [9.17, 15) is 23.7 Å². The highest BCUT2D eigenvalue weighted by atomic mass is 32.1. The summed E-state index contributed by atoms with van der Waals surface area (Å²) in [6.45, 7) is -2.25. The molecule has 1 N–H and O–H groups in total. The molecule has 0 saturated carbocycles. The highest BCUT2D eigenvalue weighted by Gasteiger charge is 2.23. The van der Waals surface area contributed by atoms with Crippen LogP contribution in [0.5, 0.6) is 5.75 Å². The molecule has 1 aromatic carbocycles. The van der Waals surface area contributed by atoms with Gasteiger partial charge in [0.25, 0.3) is 5.69 Å². The third-order valence-corrected chi connectivity index (χ3v) is 4.75. The Morgan fingerprint density at radius 3 is 2.92 bits per heavy atom. The van der Waals surface area contributed by atoms with E-state index >= 15 is 0 Å². The minimum atomic E-state index is -3.11. The number of anilines is 1. The predicted molar refractivity (Wildman–Crippen MR) is 87.2 cm³/mol. The number of halogens is 2. The molecule has 3 rings (SSSR count). The van der Waals surface area contributed by atoms with Crippen molar-refractivity contribution in [2.24, 2.45) is 0 Å². The van der Waals surface area contributed by atoms with E-state index in [2.05, 4.69) is 10.1 Å². The number of amides is 2. The molecule has 0 spiro atoms. The maximum atomic E-state index is 12.5. The second-order valence-electron chi connectivity index (χ2n) is 5.29. The first-order valence-corrected chi connectivity index (χ1v) is 8.16. The highest BCUT2D eigenvalue weighted by molar-refractivity contribution is 7.10. The Bertz CT molecular complexity index is 812. The van der Waals surface area contributed by atoms with Gasteiger partial charge in [-0.3, -0.25) is 10.1 Å². The van der Waals surface area contributed by atoms with Crippen LogP contribution in [0.25, 0.3) is 0 Å². The number of nitrogens with one attached hydrogen (secondary N) is 1. The van der Waals surface area contributed by atoms with Crippen molar-refractivity contribution >= 4 is 28.7 Å². The van der Waals surface area contributed by atoms with Gasteiger partial charge in [0.15, 0.2) is 0 Å². The predicted octanol–water partition coefficient (Wildman–Crippen LogP) is 3.85. The van der Waals surface area contributed by atoms with Gasteiger partial charge in [-0.25, -0.2) is 4.79 Å². The van der Waals surface area contributed by atoms with Crippen molar-refractivity contribution in [1.29, 1.82) is 0 Å².